The van der Waals surface area contributed by atoms with Gasteiger partial charge in [0.25, 0.3) is 0 Å². The number of carbonyl (C=O) groups is 3. The molecule has 1 saturated heterocycles. The molecular weight excluding hydrogens is 356 g/mol. The molecule has 1 heterocycles. The molecule has 3 rings (SSSR count). The fourth-order valence-electron chi connectivity index (χ4n) is 3.24. The summed E-state index contributed by atoms with van der Waals surface area (Å²) in [4.78, 5) is 38.9. The average Bonchev–Trinajstić information content (AvgIpc) is 3.06. The number of nitrogens with zero attached hydrogens (tertiary/aromatic N) is 1. The normalized spacial score (nSPS) is 16.2. The van der Waals surface area contributed by atoms with E-state index in [0.29, 0.717) is 17.8 Å². The molecule has 0 saturated carbocycles. The second-order valence-corrected chi connectivity index (χ2v) is 6.93. The highest BCUT2D eigenvalue weighted by Crippen LogP contribution is 2.28. The Kier molecular flexibility index (Phi) is 5.78. The maximum absolute atomic E-state index is 12.7. The summed E-state index contributed by atoms with van der Waals surface area (Å²) < 4.78 is 5.04. The van der Waals surface area contributed by atoms with Crippen LogP contribution in [0.25, 0.3) is 0 Å². The minimum absolute atomic E-state index is 0.0814. The maximum Gasteiger partial charge on any atom is 0.340 e. The molecule has 0 radical (unpaired) electrons. The van der Waals surface area contributed by atoms with E-state index in [4.69, 9.17) is 4.74 Å². The zero-order valence-corrected chi connectivity index (χ0v) is 16.3. The second kappa shape index (κ2) is 8.25. The van der Waals surface area contributed by atoms with Crippen molar-refractivity contribution < 1.29 is 19.1 Å². The fraction of sp³-hybridized carbons (Fsp3) is 0.318. The quantitative estimate of drug-likeness (QED) is 0.806. The summed E-state index contributed by atoms with van der Waals surface area (Å²) in [5.41, 5.74) is 3.74. The summed E-state index contributed by atoms with van der Waals surface area (Å²) in [5.74, 6) is -1.33. The Balaban J connectivity index is 1.73. The van der Waals surface area contributed by atoms with E-state index in [-0.39, 0.29) is 24.8 Å². The number of nitrogens with one attached hydrogen (secondary N) is 1. The third kappa shape index (κ3) is 4.06. The zero-order chi connectivity index (χ0) is 20.3. The first-order chi connectivity index (χ1) is 13.4. The van der Waals surface area contributed by atoms with Crippen LogP contribution in [0, 0.1) is 19.8 Å². The highest BCUT2D eigenvalue weighted by molar-refractivity contribution is 6.06. The van der Waals surface area contributed by atoms with E-state index in [2.05, 4.69) is 5.32 Å². The molecule has 1 aliphatic rings. The molecule has 0 spiro atoms. The number of benzene rings is 2. The van der Waals surface area contributed by atoms with Gasteiger partial charge in [-0.1, -0.05) is 18.2 Å². The number of aryl methyl sites for hydroxylation is 2. The van der Waals surface area contributed by atoms with Gasteiger partial charge in [0.05, 0.1) is 23.8 Å². The third-order valence-electron chi connectivity index (χ3n) is 4.98. The van der Waals surface area contributed by atoms with Gasteiger partial charge in [0.15, 0.2) is 0 Å². The van der Waals surface area contributed by atoms with Gasteiger partial charge in [0.2, 0.25) is 11.8 Å². The molecule has 2 amide bonds. The number of hydrogen-bond acceptors (Lipinski definition) is 4. The fourth-order valence-corrected chi connectivity index (χ4v) is 3.24. The van der Waals surface area contributed by atoms with Crippen LogP contribution in [0.1, 0.15) is 34.8 Å². The van der Waals surface area contributed by atoms with Gasteiger partial charge in [0, 0.05) is 18.7 Å². The molecule has 2 aromatic rings. The summed E-state index contributed by atoms with van der Waals surface area (Å²) in [6, 6.07) is 12.5. The Morgan fingerprint density at radius 3 is 2.61 bits per heavy atom. The SMILES string of the molecule is CCOC(=O)c1ccccc1NC(=O)[C@H]1CC(=O)N(c2ccc(C)c(C)c2)C1. The average molecular weight is 380 g/mol. The number of hydrogen-bond donors (Lipinski definition) is 1. The van der Waals surface area contributed by atoms with Gasteiger partial charge in [-0.15, -0.1) is 0 Å². The lowest BCUT2D eigenvalue weighted by Gasteiger charge is -2.18. The van der Waals surface area contributed by atoms with Crippen molar-refractivity contribution in [2.45, 2.75) is 27.2 Å². The second-order valence-electron chi connectivity index (χ2n) is 6.93. The third-order valence-corrected chi connectivity index (χ3v) is 4.98. The topological polar surface area (TPSA) is 75.7 Å². The molecule has 1 aliphatic heterocycles. The van der Waals surface area contributed by atoms with E-state index >= 15 is 0 Å². The van der Waals surface area contributed by atoms with Crippen molar-refractivity contribution in [3.8, 4) is 0 Å². The molecular formula is C22H24N2O4. The van der Waals surface area contributed by atoms with E-state index in [9.17, 15) is 14.4 Å². The van der Waals surface area contributed by atoms with Crippen molar-refractivity contribution in [1.29, 1.82) is 0 Å². The van der Waals surface area contributed by atoms with Crippen LogP contribution >= 0.6 is 0 Å². The van der Waals surface area contributed by atoms with E-state index in [1.54, 1.807) is 36.1 Å². The number of rotatable bonds is 5. The number of anilines is 2. The van der Waals surface area contributed by atoms with Crippen LogP contribution in [0.2, 0.25) is 0 Å². The van der Waals surface area contributed by atoms with E-state index in [1.165, 1.54) is 0 Å². The van der Waals surface area contributed by atoms with Crippen molar-refractivity contribution in [2.24, 2.45) is 5.92 Å². The lowest BCUT2D eigenvalue weighted by molar-refractivity contribution is -0.122. The molecule has 6 nitrogen and oxygen atoms in total. The Bertz CT molecular complexity index is 923. The first-order valence-electron chi connectivity index (χ1n) is 9.35. The first-order valence-corrected chi connectivity index (χ1v) is 9.35. The van der Waals surface area contributed by atoms with Gasteiger partial charge in [-0.3, -0.25) is 9.59 Å². The van der Waals surface area contributed by atoms with Crippen molar-refractivity contribution >= 4 is 29.2 Å². The summed E-state index contributed by atoms with van der Waals surface area (Å²) in [6.45, 7) is 6.31. The largest absolute Gasteiger partial charge is 0.462 e. The molecule has 6 heteroatoms. The zero-order valence-electron chi connectivity index (χ0n) is 16.3. The summed E-state index contributed by atoms with van der Waals surface area (Å²) in [5, 5.41) is 2.79. The van der Waals surface area contributed by atoms with Gasteiger partial charge in [-0.2, -0.15) is 0 Å². The maximum atomic E-state index is 12.7. The smallest absolute Gasteiger partial charge is 0.340 e. The standard InChI is InChI=1S/C22H24N2O4/c1-4-28-22(27)18-7-5-6-8-19(18)23-21(26)16-12-20(25)24(13-16)17-10-9-14(2)15(3)11-17/h5-11,16H,4,12-13H2,1-3H3,(H,23,26)/t16-/m0/s1. The monoisotopic (exact) mass is 380 g/mol. The van der Waals surface area contributed by atoms with Crippen molar-refractivity contribution in [2.75, 3.05) is 23.4 Å². The number of amides is 2. The summed E-state index contributed by atoms with van der Waals surface area (Å²) in [6.07, 6.45) is 0.139. The molecule has 0 aliphatic carbocycles. The van der Waals surface area contributed by atoms with Crippen LogP contribution in [0.5, 0.6) is 0 Å². The summed E-state index contributed by atoms with van der Waals surface area (Å²) >= 11 is 0. The Labute approximate surface area is 164 Å². The van der Waals surface area contributed by atoms with Crippen LogP contribution in [0.3, 0.4) is 0 Å². The van der Waals surface area contributed by atoms with Crippen LogP contribution < -0.4 is 10.2 Å². The van der Waals surface area contributed by atoms with Crippen molar-refractivity contribution in [3.63, 3.8) is 0 Å². The highest BCUT2D eigenvalue weighted by atomic mass is 16.5. The molecule has 1 fully saturated rings. The Morgan fingerprint density at radius 2 is 1.89 bits per heavy atom. The molecule has 1 atom stereocenters. The number of esters is 1. The lowest BCUT2D eigenvalue weighted by Crippen LogP contribution is -2.28. The van der Waals surface area contributed by atoms with Crippen LogP contribution in [-0.2, 0) is 14.3 Å². The van der Waals surface area contributed by atoms with E-state index in [0.717, 1.165) is 16.8 Å². The van der Waals surface area contributed by atoms with Gasteiger partial charge in [-0.25, -0.2) is 4.79 Å². The predicted octanol–water partition coefficient (Wildman–Crippen LogP) is 3.47. The molecule has 0 aromatic heterocycles. The van der Waals surface area contributed by atoms with Gasteiger partial charge >= 0.3 is 5.97 Å². The molecule has 0 bridgehead atoms. The number of para-hydroxylation sites is 1. The molecule has 0 unspecified atom stereocenters. The summed E-state index contributed by atoms with van der Waals surface area (Å²) in [7, 11) is 0. The van der Waals surface area contributed by atoms with Gasteiger partial charge in [0.1, 0.15) is 0 Å². The predicted molar refractivity (Wildman–Crippen MR) is 107 cm³/mol. The Morgan fingerprint density at radius 1 is 1.14 bits per heavy atom. The molecule has 146 valence electrons. The number of ether oxygens (including phenoxy) is 1. The lowest BCUT2D eigenvalue weighted by atomic mass is 10.1. The number of carbonyl (C=O) groups excluding carboxylic acids is 3. The van der Waals surface area contributed by atoms with Crippen LogP contribution in [0.15, 0.2) is 42.5 Å². The highest BCUT2D eigenvalue weighted by Gasteiger charge is 2.35. The molecule has 2 aromatic carbocycles. The van der Waals surface area contributed by atoms with Crippen molar-refractivity contribution in [1.82, 2.24) is 0 Å². The van der Waals surface area contributed by atoms with Crippen LogP contribution in [0.4, 0.5) is 11.4 Å². The molecule has 28 heavy (non-hydrogen) atoms. The van der Waals surface area contributed by atoms with Gasteiger partial charge in [-0.05, 0) is 56.2 Å². The molecule has 1 N–H and O–H groups in total. The van der Waals surface area contributed by atoms with Crippen molar-refractivity contribution in [3.05, 3.63) is 59.2 Å². The first kappa shape index (κ1) is 19.6. The van der Waals surface area contributed by atoms with E-state index < -0.39 is 11.9 Å². The van der Waals surface area contributed by atoms with Gasteiger partial charge < -0.3 is 15.0 Å². The van der Waals surface area contributed by atoms with Crippen LogP contribution in [-0.4, -0.2) is 30.9 Å². The minimum Gasteiger partial charge on any atom is -0.462 e. The Hall–Kier alpha value is -3.15. The minimum atomic E-state index is -0.488. The van der Waals surface area contributed by atoms with E-state index in [1.807, 2.05) is 32.0 Å².